The van der Waals surface area contributed by atoms with Gasteiger partial charge in [0.25, 0.3) is 0 Å². The molecule has 0 bridgehead atoms. The highest BCUT2D eigenvalue weighted by atomic mass is 32.2. The van der Waals surface area contributed by atoms with Gasteiger partial charge in [0.2, 0.25) is 0 Å². The fraction of sp³-hybridized carbons (Fsp3) is 0.150. The molecule has 28 heavy (non-hydrogen) atoms. The summed E-state index contributed by atoms with van der Waals surface area (Å²) in [5.74, 6) is 0.0458. The van der Waals surface area contributed by atoms with Gasteiger partial charge in [-0.1, -0.05) is 0 Å². The summed E-state index contributed by atoms with van der Waals surface area (Å²) in [5.41, 5.74) is 0.618. The summed E-state index contributed by atoms with van der Waals surface area (Å²) in [6, 6.07) is 15.4. The van der Waals surface area contributed by atoms with E-state index in [9.17, 15) is 13.2 Å². The first-order chi connectivity index (χ1) is 13.4. The molecular formula is C20H19NO6S. The van der Waals surface area contributed by atoms with Gasteiger partial charge in [0.05, 0.1) is 23.8 Å². The van der Waals surface area contributed by atoms with Crippen LogP contribution in [-0.4, -0.2) is 32.0 Å². The lowest BCUT2D eigenvalue weighted by molar-refractivity contribution is 0.0696. The summed E-state index contributed by atoms with van der Waals surface area (Å²) < 4.78 is 36.8. The molecule has 1 atom stereocenters. The average Bonchev–Trinajstić information content (AvgIpc) is 3.21. The third kappa shape index (κ3) is 4.34. The van der Waals surface area contributed by atoms with Gasteiger partial charge in [0, 0.05) is 12.1 Å². The molecule has 0 saturated carbocycles. The molecule has 0 spiro atoms. The van der Waals surface area contributed by atoms with Crippen LogP contribution >= 0.6 is 0 Å². The van der Waals surface area contributed by atoms with Crippen LogP contribution in [0.15, 0.2) is 76.2 Å². The number of sulfone groups is 1. The Hall–Kier alpha value is -3.26. The lowest BCUT2D eigenvalue weighted by atomic mass is 10.2. The molecule has 0 radical (unpaired) electrons. The number of carboxylic acids is 1. The minimum absolute atomic E-state index is 0.0182. The second-order valence-electron chi connectivity index (χ2n) is 6.02. The van der Waals surface area contributed by atoms with Gasteiger partial charge in [-0.2, -0.15) is 0 Å². The minimum Gasteiger partial charge on any atom is -0.497 e. The molecular weight excluding hydrogens is 382 g/mol. The first kappa shape index (κ1) is 19.5. The van der Waals surface area contributed by atoms with Gasteiger partial charge in [-0.05, 0) is 60.7 Å². The molecule has 8 heteroatoms. The Morgan fingerprint density at radius 1 is 1.11 bits per heavy atom. The van der Waals surface area contributed by atoms with Crippen molar-refractivity contribution >= 4 is 21.5 Å². The van der Waals surface area contributed by atoms with E-state index < -0.39 is 21.2 Å². The maximum atomic E-state index is 13.2. The molecule has 146 valence electrons. The predicted octanol–water partition coefficient (Wildman–Crippen LogP) is 3.44. The lowest BCUT2D eigenvalue weighted by Crippen LogP contribution is -2.32. The molecule has 3 rings (SSSR count). The number of furan rings is 1. The van der Waals surface area contributed by atoms with Crippen LogP contribution in [0.2, 0.25) is 0 Å². The van der Waals surface area contributed by atoms with Crippen molar-refractivity contribution in [2.24, 2.45) is 0 Å². The third-order valence-electron chi connectivity index (χ3n) is 4.19. The average molecular weight is 401 g/mol. The summed E-state index contributed by atoms with van der Waals surface area (Å²) in [7, 11) is -2.28. The van der Waals surface area contributed by atoms with Gasteiger partial charge in [-0.15, -0.1) is 0 Å². The molecule has 0 aliphatic heterocycles. The monoisotopic (exact) mass is 401 g/mol. The van der Waals surface area contributed by atoms with Crippen molar-refractivity contribution in [1.29, 1.82) is 0 Å². The van der Waals surface area contributed by atoms with E-state index in [4.69, 9.17) is 14.3 Å². The molecule has 1 aromatic heterocycles. The maximum absolute atomic E-state index is 13.2. The van der Waals surface area contributed by atoms with Gasteiger partial charge in [-0.25, -0.2) is 13.2 Å². The van der Waals surface area contributed by atoms with Crippen LogP contribution in [0.25, 0.3) is 0 Å². The zero-order valence-electron chi connectivity index (χ0n) is 15.0. The number of benzene rings is 2. The highest BCUT2D eigenvalue weighted by Crippen LogP contribution is 2.24. The van der Waals surface area contributed by atoms with E-state index in [1.165, 1.54) is 30.5 Å². The Kier molecular flexibility index (Phi) is 5.70. The number of hydrogen-bond acceptors (Lipinski definition) is 6. The van der Waals surface area contributed by atoms with Gasteiger partial charge in [-0.3, -0.25) is 0 Å². The van der Waals surface area contributed by atoms with E-state index in [1.807, 2.05) is 0 Å². The largest absolute Gasteiger partial charge is 0.497 e. The third-order valence-corrected chi connectivity index (χ3v) is 6.15. The van der Waals surface area contributed by atoms with E-state index in [0.717, 1.165) is 0 Å². The predicted molar refractivity (Wildman–Crippen MR) is 103 cm³/mol. The molecule has 2 N–H and O–H groups in total. The topological polar surface area (TPSA) is 106 Å². The Morgan fingerprint density at radius 2 is 1.79 bits per heavy atom. The number of hydrogen-bond donors (Lipinski definition) is 2. The number of anilines is 1. The van der Waals surface area contributed by atoms with Crippen molar-refractivity contribution in [1.82, 2.24) is 0 Å². The zero-order valence-corrected chi connectivity index (χ0v) is 15.8. The van der Waals surface area contributed by atoms with Crippen LogP contribution in [0, 0.1) is 0 Å². The van der Waals surface area contributed by atoms with Crippen LogP contribution in [0.3, 0.4) is 0 Å². The molecule has 0 amide bonds. The maximum Gasteiger partial charge on any atom is 0.335 e. The number of carboxylic acid groups (broad SMARTS) is 1. The molecule has 2 aromatic carbocycles. The number of aromatic carboxylic acids is 1. The first-order valence-corrected chi connectivity index (χ1v) is 9.95. The summed E-state index contributed by atoms with van der Waals surface area (Å²) in [6.45, 7) is 0. The Labute approximate surface area is 162 Å². The number of rotatable bonds is 8. The van der Waals surface area contributed by atoms with Crippen molar-refractivity contribution in [2.45, 2.75) is 16.7 Å². The Bertz CT molecular complexity index is 1030. The van der Waals surface area contributed by atoms with Gasteiger partial charge in [0.1, 0.15) is 16.9 Å². The second-order valence-corrected chi connectivity index (χ2v) is 8.15. The van der Waals surface area contributed by atoms with Crippen LogP contribution < -0.4 is 10.1 Å². The standard InChI is InChI=1S/C20H19NO6S/c1-26-16-8-6-15(7-9-16)21-19(13-17-3-2-12-27-17)28(24,25)18-10-4-14(5-11-18)20(22)23/h2-12,19,21H,13H2,1H3,(H,22,23). The molecule has 1 unspecified atom stereocenters. The fourth-order valence-electron chi connectivity index (χ4n) is 2.67. The SMILES string of the molecule is COc1ccc(NC(Cc2ccco2)S(=O)(=O)c2ccc(C(=O)O)cc2)cc1. The minimum atomic E-state index is -3.83. The molecule has 0 aliphatic rings. The number of ether oxygens (including phenoxy) is 1. The summed E-state index contributed by atoms with van der Waals surface area (Å²) >= 11 is 0. The molecule has 0 fully saturated rings. The van der Waals surface area contributed by atoms with Crippen molar-refractivity contribution < 1.29 is 27.5 Å². The van der Waals surface area contributed by atoms with E-state index >= 15 is 0 Å². The van der Waals surface area contributed by atoms with Gasteiger partial charge >= 0.3 is 5.97 Å². The van der Waals surface area contributed by atoms with Crippen molar-refractivity contribution in [3.63, 3.8) is 0 Å². The fourth-order valence-corrected chi connectivity index (χ4v) is 4.19. The molecule has 7 nitrogen and oxygen atoms in total. The van der Waals surface area contributed by atoms with Crippen LogP contribution in [0.4, 0.5) is 5.69 Å². The quantitative estimate of drug-likeness (QED) is 0.595. The summed E-state index contributed by atoms with van der Waals surface area (Å²) in [6.07, 6.45) is 1.58. The van der Waals surface area contributed by atoms with E-state index in [2.05, 4.69) is 5.32 Å². The highest BCUT2D eigenvalue weighted by molar-refractivity contribution is 7.92. The van der Waals surface area contributed by atoms with Crippen LogP contribution in [0.5, 0.6) is 5.75 Å². The Morgan fingerprint density at radius 3 is 2.32 bits per heavy atom. The Balaban J connectivity index is 1.92. The van der Waals surface area contributed by atoms with Gasteiger partial charge < -0.3 is 19.6 Å². The number of nitrogens with one attached hydrogen (secondary N) is 1. The van der Waals surface area contributed by atoms with E-state index in [-0.39, 0.29) is 16.9 Å². The zero-order chi connectivity index (χ0) is 20.1. The summed E-state index contributed by atoms with van der Waals surface area (Å²) in [5, 5.41) is 11.0. The summed E-state index contributed by atoms with van der Waals surface area (Å²) in [4.78, 5) is 11.0. The molecule has 0 aliphatic carbocycles. The van der Waals surface area contributed by atoms with Gasteiger partial charge in [0.15, 0.2) is 9.84 Å². The molecule has 3 aromatic rings. The van der Waals surface area contributed by atoms with E-state index in [0.29, 0.717) is 17.2 Å². The highest BCUT2D eigenvalue weighted by Gasteiger charge is 2.29. The number of methoxy groups -OCH3 is 1. The number of carbonyl (C=O) groups is 1. The van der Waals surface area contributed by atoms with Crippen LogP contribution in [0.1, 0.15) is 16.1 Å². The normalized spacial score (nSPS) is 12.3. The second kappa shape index (κ2) is 8.18. The van der Waals surface area contributed by atoms with Crippen molar-refractivity contribution in [3.8, 4) is 5.75 Å². The van der Waals surface area contributed by atoms with Crippen molar-refractivity contribution in [2.75, 3.05) is 12.4 Å². The van der Waals surface area contributed by atoms with Crippen LogP contribution in [-0.2, 0) is 16.3 Å². The molecule has 1 heterocycles. The molecule has 0 saturated heterocycles. The lowest BCUT2D eigenvalue weighted by Gasteiger charge is -2.20. The van der Waals surface area contributed by atoms with E-state index in [1.54, 1.807) is 43.5 Å². The van der Waals surface area contributed by atoms with Crippen molar-refractivity contribution in [3.05, 3.63) is 78.3 Å². The first-order valence-electron chi connectivity index (χ1n) is 8.40. The smallest absolute Gasteiger partial charge is 0.335 e.